The Hall–Kier alpha value is -2.22. The van der Waals surface area contributed by atoms with Crippen LogP contribution in [0.4, 0.5) is 23.7 Å². The normalized spacial score (nSPS) is 12.4. The van der Waals surface area contributed by atoms with Crippen molar-refractivity contribution >= 4 is 29.4 Å². The summed E-state index contributed by atoms with van der Waals surface area (Å²) >= 11 is 5.81. The summed E-state index contributed by atoms with van der Waals surface area (Å²) < 4.78 is 48.4. The van der Waals surface area contributed by atoms with Gasteiger partial charge in [0, 0.05) is 0 Å². The molecule has 0 aliphatic rings. The van der Waals surface area contributed by atoms with Crippen molar-refractivity contribution in [2.24, 2.45) is 5.92 Å². The first-order valence-electron chi connectivity index (χ1n) is 9.14. The number of unbranched alkanes of at least 4 members (excludes halogenated alkanes) is 1. The van der Waals surface area contributed by atoms with Gasteiger partial charge >= 0.3 is 18.2 Å². The molecule has 0 spiro atoms. The van der Waals surface area contributed by atoms with Gasteiger partial charge in [-0.05, 0) is 42.5 Å². The standard InChI is InChI=1S/C20H25ClF3NO4/c1-5-6-7-13(4)17(18(26)28-11-12(2)3)29-19(27)25-16-9-8-14(10-15(16)21)20(22,23)24/h8-10,12,17H,4-7,11H2,1-3H3,(H,25,27). The lowest BCUT2D eigenvalue weighted by Crippen LogP contribution is -2.33. The highest BCUT2D eigenvalue weighted by atomic mass is 35.5. The SMILES string of the molecule is C=C(CCCC)C(OC(=O)Nc1ccc(C(F)(F)F)cc1Cl)C(=O)OCC(C)C. The topological polar surface area (TPSA) is 64.6 Å². The molecule has 5 nitrogen and oxygen atoms in total. The largest absolute Gasteiger partial charge is 0.462 e. The Morgan fingerprint density at radius 2 is 1.93 bits per heavy atom. The Morgan fingerprint density at radius 1 is 1.28 bits per heavy atom. The number of anilines is 1. The van der Waals surface area contributed by atoms with Crippen molar-refractivity contribution in [3.05, 3.63) is 40.9 Å². The highest BCUT2D eigenvalue weighted by molar-refractivity contribution is 6.33. The third kappa shape index (κ3) is 8.35. The van der Waals surface area contributed by atoms with E-state index in [0.29, 0.717) is 18.1 Å². The Morgan fingerprint density at radius 3 is 2.45 bits per heavy atom. The molecule has 1 rings (SSSR count). The molecule has 29 heavy (non-hydrogen) atoms. The maximum atomic E-state index is 12.7. The van der Waals surface area contributed by atoms with Crippen LogP contribution in [-0.2, 0) is 20.4 Å². The fourth-order valence-electron chi connectivity index (χ4n) is 2.20. The van der Waals surface area contributed by atoms with E-state index in [1.165, 1.54) is 0 Å². The summed E-state index contributed by atoms with van der Waals surface area (Å²) in [5, 5.41) is 1.92. The van der Waals surface area contributed by atoms with Gasteiger partial charge in [0.05, 0.1) is 22.9 Å². The lowest BCUT2D eigenvalue weighted by atomic mass is 10.1. The Balaban J connectivity index is 2.88. The number of benzene rings is 1. The van der Waals surface area contributed by atoms with Crippen molar-refractivity contribution in [3.63, 3.8) is 0 Å². The van der Waals surface area contributed by atoms with Gasteiger partial charge in [0.2, 0.25) is 6.10 Å². The quantitative estimate of drug-likeness (QED) is 0.369. The van der Waals surface area contributed by atoms with E-state index in [2.05, 4.69) is 11.9 Å². The Labute approximate surface area is 173 Å². The number of alkyl halides is 3. The molecule has 1 aromatic rings. The molecule has 0 radical (unpaired) electrons. The monoisotopic (exact) mass is 435 g/mol. The minimum atomic E-state index is -4.56. The van der Waals surface area contributed by atoms with Crippen LogP contribution in [0.2, 0.25) is 5.02 Å². The van der Waals surface area contributed by atoms with E-state index in [1.807, 2.05) is 20.8 Å². The van der Waals surface area contributed by atoms with Gasteiger partial charge in [-0.15, -0.1) is 0 Å². The number of ether oxygens (including phenoxy) is 2. The number of nitrogens with one attached hydrogen (secondary N) is 1. The molecule has 1 N–H and O–H groups in total. The number of esters is 1. The smallest absolute Gasteiger partial charge is 0.416 e. The zero-order valence-electron chi connectivity index (χ0n) is 16.6. The number of rotatable bonds is 9. The fourth-order valence-corrected chi connectivity index (χ4v) is 2.42. The van der Waals surface area contributed by atoms with E-state index in [1.54, 1.807) is 0 Å². The summed E-state index contributed by atoms with van der Waals surface area (Å²) in [5.74, 6) is -0.670. The molecule has 0 aromatic heterocycles. The van der Waals surface area contributed by atoms with Gasteiger partial charge < -0.3 is 9.47 Å². The third-order valence-electron chi connectivity index (χ3n) is 3.75. The number of amides is 1. The second-order valence-corrected chi connectivity index (χ2v) is 7.30. The van der Waals surface area contributed by atoms with E-state index < -0.39 is 29.9 Å². The van der Waals surface area contributed by atoms with Gasteiger partial charge in [0.15, 0.2) is 0 Å². The van der Waals surface area contributed by atoms with Gasteiger partial charge in [-0.25, -0.2) is 9.59 Å². The molecule has 0 saturated carbocycles. The summed E-state index contributed by atoms with van der Waals surface area (Å²) in [7, 11) is 0. The summed E-state index contributed by atoms with van der Waals surface area (Å²) in [5.41, 5.74) is -0.670. The summed E-state index contributed by atoms with van der Waals surface area (Å²) in [4.78, 5) is 24.5. The summed E-state index contributed by atoms with van der Waals surface area (Å²) in [6.45, 7) is 9.61. The van der Waals surface area contributed by atoms with E-state index >= 15 is 0 Å². The zero-order valence-corrected chi connectivity index (χ0v) is 17.3. The first-order chi connectivity index (χ1) is 13.5. The highest BCUT2D eigenvalue weighted by Gasteiger charge is 2.31. The van der Waals surface area contributed by atoms with Crippen LogP contribution in [-0.4, -0.2) is 24.8 Å². The van der Waals surface area contributed by atoms with Crippen molar-refractivity contribution in [1.82, 2.24) is 0 Å². The molecule has 1 amide bonds. The molecule has 1 unspecified atom stereocenters. The van der Waals surface area contributed by atoms with Crippen molar-refractivity contribution in [2.45, 2.75) is 52.3 Å². The first-order valence-corrected chi connectivity index (χ1v) is 9.52. The van der Waals surface area contributed by atoms with Crippen molar-refractivity contribution in [3.8, 4) is 0 Å². The predicted octanol–water partition coefficient (Wildman–Crippen LogP) is 6.22. The molecule has 0 aliphatic heterocycles. The van der Waals surface area contributed by atoms with Crippen LogP contribution < -0.4 is 5.32 Å². The van der Waals surface area contributed by atoms with E-state index in [0.717, 1.165) is 25.0 Å². The van der Waals surface area contributed by atoms with Crippen molar-refractivity contribution in [2.75, 3.05) is 11.9 Å². The number of carbonyl (C=O) groups excluding carboxylic acids is 2. The maximum Gasteiger partial charge on any atom is 0.416 e. The summed E-state index contributed by atoms with van der Waals surface area (Å²) in [6, 6.07) is 2.46. The number of carbonyl (C=O) groups is 2. The van der Waals surface area contributed by atoms with Crippen LogP contribution in [0.3, 0.4) is 0 Å². The van der Waals surface area contributed by atoms with Gasteiger partial charge in [-0.1, -0.05) is 45.4 Å². The fraction of sp³-hybridized carbons (Fsp3) is 0.500. The van der Waals surface area contributed by atoms with Gasteiger partial charge in [-0.2, -0.15) is 13.2 Å². The minimum absolute atomic E-state index is 0.0851. The maximum absolute atomic E-state index is 12.7. The minimum Gasteiger partial charge on any atom is -0.462 e. The van der Waals surface area contributed by atoms with Crippen LogP contribution in [0.1, 0.15) is 45.6 Å². The van der Waals surface area contributed by atoms with Crippen LogP contribution in [0.5, 0.6) is 0 Å². The van der Waals surface area contributed by atoms with Crippen molar-refractivity contribution < 1.29 is 32.2 Å². The third-order valence-corrected chi connectivity index (χ3v) is 4.07. The lowest BCUT2D eigenvalue weighted by Gasteiger charge is -2.20. The molecular formula is C20H25ClF3NO4. The molecule has 1 atom stereocenters. The van der Waals surface area contributed by atoms with Gasteiger partial charge in [0.25, 0.3) is 0 Å². The molecule has 0 heterocycles. The molecule has 9 heteroatoms. The van der Waals surface area contributed by atoms with Crippen LogP contribution in [0.25, 0.3) is 0 Å². The van der Waals surface area contributed by atoms with Gasteiger partial charge in [-0.3, -0.25) is 5.32 Å². The van der Waals surface area contributed by atoms with Gasteiger partial charge in [0.1, 0.15) is 0 Å². The molecule has 0 saturated heterocycles. The van der Waals surface area contributed by atoms with E-state index in [-0.39, 0.29) is 23.2 Å². The number of halogens is 4. The average Bonchev–Trinajstić information content (AvgIpc) is 2.62. The van der Waals surface area contributed by atoms with Crippen LogP contribution in [0.15, 0.2) is 30.4 Å². The number of hydrogen-bond acceptors (Lipinski definition) is 4. The average molecular weight is 436 g/mol. The highest BCUT2D eigenvalue weighted by Crippen LogP contribution is 2.33. The molecule has 0 aliphatic carbocycles. The molecule has 162 valence electrons. The molecule has 0 fully saturated rings. The predicted molar refractivity (Wildman–Crippen MR) is 105 cm³/mol. The Kier molecular flexibility index (Phi) is 9.49. The lowest BCUT2D eigenvalue weighted by molar-refractivity contribution is -0.152. The molecule has 0 bridgehead atoms. The summed E-state index contributed by atoms with van der Waals surface area (Å²) in [6.07, 6.45) is -4.91. The number of hydrogen-bond donors (Lipinski definition) is 1. The van der Waals surface area contributed by atoms with E-state index in [4.69, 9.17) is 21.1 Å². The second kappa shape index (κ2) is 11.1. The Bertz CT molecular complexity index is 735. The van der Waals surface area contributed by atoms with E-state index in [9.17, 15) is 22.8 Å². The molecular weight excluding hydrogens is 411 g/mol. The molecule has 1 aromatic carbocycles. The van der Waals surface area contributed by atoms with Crippen molar-refractivity contribution in [1.29, 1.82) is 0 Å². The van der Waals surface area contributed by atoms with Crippen LogP contribution in [0, 0.1) is 5.92 Å². The second-order valence-electron chi connectivity index (χ2n) is 6.89. The van der Waals surface area contributed by atoms with Crippen LogP contribution >= 0.6 is 11.6 Å². The zero-order chi connectivity index (χ0) is 22.2. The first kappa shape index (κ1) is 24.8.